The number of unbranched alkanes of at least 4 members (excludes halogenated alkanes) is 9. The van der Waals surface area contributed by atoms with Gasteiger partial charge < -0.3 is 9.80 Å². The average molecular weight is 423 g/mol. The van der Waals surface area contributed by atoms with Crippen LogP contribution < -0.4 is 5.32 Å². The van der Waals surface area contributed by atoms with Gasteiger partial charge in [-0.15, -0.1) is 0 Å². The molecule has 0 aromatic carbocycles. The molecule has 1 saturated heterocycles. The van der Waals surface area contributed by atoms with Crippen LogP contribution in [-0.4, -0.2) is 58.5 Å². The summed E-state index contributed by atoms with van der Waals surface area (Å²) >= 11 is 1.72. The molecule has 0 aromatic rings. The molecule has 0 aromatic heterocycles. The van der Waals surface area contributed by atoms with Crippen LogP contribution >= 0.6 is 11.8 Å². The van der Waals surface area contributed by atoms with Gasteiger partial charge in [0.25, 0.3) is 5.91 Å². The number of allylic oxidation sites excluding steroid dienone is 1. The highest BCUT2D eigenvalue weighted by Gasteiger charge is 2.48. The zero-order valence-corrected chi connectivity index (χ0v) is 19.2. The Bertz CT molecular complexity index is 593. The van der Waals surface area contributed by atoms with Crippen molar-refractivity contribution < 1.29 is 9.59 Å². The number of nitrogens with zero attached hydrogens (tertiary/aromatic N) is 3. The zero-order chi connectivity index (χ0) is 21.1. The molecular formula is C22H38N4O2S. The van der Waals surface area contributed by atoms with Crippen LogP contribution in [0.3, 0.4) is 0 Å². The summed E-state index contributed by atoms with van der Waals surface area (Å²) in [5.74, 6) is 0.751. The number of imide groups is 1. The van der Waals surface area contributed by atoms with Crippen LogP contribution in [0.15, 0.2) is 17.1 Å². The smallest absolute Gasteiger partial charge is 0.325 e. The van der Waals surface area contributed by atoms with Crippen molar-refractivity contribution in [3.8, 4) is 0 Å². The molecule has 1 fully saturated rings. The number of carbonyl (C=O) groups excluding carboxylic acids is 2. The molecule has 2 rings (SSSR count). The van der Waals surface area contributed by atoms with Crippen LogP contribution in [-0.2, 0) is 4.79 Å². The third kappa shape index (κ3) is 7.05. The molecule has 7 heteroatoms. The van der Waals surface area contributed by atoms with Crippen LogP contribution in [0, 0.1) is 0 Å². The number of aliphatic imine (C=N–C) groups is 1. The lowest BCUT2D eigenvalue weighted by Gasteiger charge is -2.35. The monoisotopic (exact) mass is 422 g/mol. The van der Waals surface area contributed by atoms with Crippen molar-refractivity contribution >= 4 is 28.9 Å². The first-order valence-electron chi connectivity index (χ1n) is 11.3. The molecule has 6 nitrogen and oxygen atoms in total. The molecule has 1 N–H and O–H groups in total. The lowest BCUT2D eigenvalue weighted by atomic mass is 10.1. The minimum absolute atomic E-state index is 0.249. The summed E-state index contributed by atoms with van der Waals surface area (Å²) in [4.78, 5) is 32.6. The van der Waals surface area contributed by atoms with E-state index in [0.29, 0.717) is 6.54 Å². The van der Waals surface area contributed by atoms with Crippen LogP contribution in [0.25, 0.3) is 0 Å². The standard InChI is InChI=1S/C22H38N4O2S/c1-4-6-8-9-10-11-12-13-14-15-17-29-22-23-19-18(26(22)16-7-5-2)20(27)24-21(28)25(19)3/h5,7,18-19H,4,6,8-17H2,1-3H3,(H,24,27,28)/b7-5+. The lowest BCUT2D eigenvalue weighted by molar-refractivity contribution is -0.126. The Kier molecular flexibility index (Phi) is 10.6. The largest absolute Gasteiger partial charge is 0.332 e. The van der Waals surface area contributed by atoms with Crippen LogP contribution in [0.1, 0.15) is 78.1 Å². The molecule has 164 valence electrons. The third-order valence-electron chi connectivity index (χ3n) is 5.59. The number of hydrogen-bond acceptors (Lipinski definition) is 5. The number of amides is 3. The van der Waals surface area contributed by atoms with Gasteiger partial charge in [0, 0.05) is 19.3 Å². The summed E-state index contributed by atoms with van der Waals surface area (Å²) in [6, 6.07) is -0.795. The maximum atomic E-state index is 12.4. The fourth-order valence-corrected chi connectivity index (χ4v) is 4.85. The number of urea groups is 1. The fraction of sp³-hybridized carbons (Fsp3) is 0.773. The van der Waals surface area contributed by atoms with Gasteiger partial charge in [-0.05, 0) is 13.3 Å². The van der Waals surface area contributed by atoms with E-state index in [1.807, 2.05) is 24.0 Å². The molecule has 2 heterocycles. The molecule has 2 aliphatic rings. The summed E-state index contributed by atoms with van der Waals surface area (Å²) < 4.78 is 0. The quantitative estimate of drug-likeness (QED) is 0.343. The van der Waals surface area contributed by atoms with Gasteiger partial charge in [0.2, 0.25) is 0 Å². The Labute approximate surface area is 180 Å². The van der Waals surface area contributed by atoms with Gasteiger partial charge in [0.15, 0.2) is 17.4 Å². The molecular weight excluding hydrogens is 384 g/mol. The van der Waals surface area contributed by atoms with E-state index in [1.54, 1.807) is 18.8 Å². The molecule has 0 spiro atoms. The van der Waals surface area contributed by atoms with E-state index < -0.39 is 12.2 Å². The number of carbonyl (C=O) groups is 2. The van der Waals surface area contributed by atoms with Crippen molar-refractivity contribution in [2.24, 2.45) is 4.99 Å². The lowest BCUT2D eigenvalue weighted by Crippen LogP contribution is -2.63. The Morgan fingerprint density at radius 3 is 2.28 bits per heavy atom. The Morgan fingerprint density at radius 2 is 1.66 bits per heavy atom. The van der Waals surface area contributed by atoms with Crippen molar-refractivity contribution in [2.45, 2.75) is 90.3 Å². The predicted molar refractivity (Wildman–Crippen MR) is 122 cm³/mol. The minimum atomic E-state index is -0.427. The van der Waals surface area contributed by atoms with E-state index in [9.17, 15) is 9.59 Å². The van der Waals surface area contributed by atoms with Crippen LogP contribution in [0.5, 0.6) is 0 Å². The second kappa shape index (κ2) is 12.9. The number of hydrogen-bond donors (Lipinski definition) is 1. The Morgan fingerprint density at radius 1 is 1.03 bits per heavy atom. The van der Waals surface area contributed by atoms with Crippen molar-refractivity contribution in [3.63, 3.8) is 0 Å². The van der Waals surface area contributed by atoms with E-state index in [-0.39, 0.29) is 11.9 Å². The maximum Gasteiger partial charge on any atom is 0.325 e. The van der Waals surface area contributed by atoms with Crippen molar-refractivity contribution in [2.75, 3.05) is 19.3 Å². The average Bonchev–Trinajstić information content (AvgIpc) is 3.07. The van der Waals surface area contributed by atoms with Gasteiger partial charge >= 0.3 is 6.03 Å². The van der Waals surface area contributed by atoms with E-state index in [0.717, 1.165) is 17.3 Å². The van der Waals surface area contributed by atoms with Gasteiger partial charge in [0.05, 0.1) is 0 Å². The zero-order valence-electron chi connectivity index (χ0n) is 18.4. The first-order chi connectivity index (χ1) is 14.1. The molecule has 3 amide bonds. The molecule has 2 atom stereocenters. The van der Waals surface area contributed by atoms with Gasteiger partial charge in [-0.25, -0.2) is 9.79 Å². The highest BCUT2D eigenvalue weighted by atomic mass is 32.2. The molecule has 0 aliphatic carbocycles. The molecule has 29 heavy (non-hydrogen) atoms. The van der Waals surface area contributed by atoms with E-state index >= 15 is 0 Å². The number of rotatable bonds is 13. The normalized spacial score (nSPS) is 21.7. The minimum Gasteiger partial charge on any atom is -0.332 e. The summed E-state index contributed by atoms with van der Waals surface area (Å²) in [7, 11) is 1.70. The van der Waals surface area contributed by atoms with Gasteiger partial charge in [-0.2, -0.15) is 0 Å². The van der Waals surface area contributed by atoms with Gasteiger partial charge in [-0.3, -0.25) is 10.1 Å². The second-order valence-electron chi connectivity index (χ2n) is 7.93. The second-order valence-corrected chi connectivity index (χ2v) is 8.99. The first-order valence-corrected chi connectivity index (χ1v) is 12.2. The Balaban J connectivity index is 1.72. The fourth-order valence-electron chi connectivity index (χ4n) is 3.78. The molecule has 2 aliphatic heterocycles. The summed E-state index contributed by atoms with van der Waals surface area (Å²) in [6.45, 7) is 4.87. The first kappa shape index (κ1) is 23.8. The summed E-state index contributed by atoms with van der Waals surface area (Å²) in [5.41, 5.74) is 0. The Hall–Kier alpha value is -1.50. The predicted octanol–water partition coefficient (Wildman–Crippen LogP) is 4.76. The van der Waals surface area contributed by atoms with Crippen LogP contribution in [0.2, 0.25) is 0 Å². The molecule has 0 radical (unpaired) electrons. The molecule has 2 unspecified atom stereocenters. The number of amidine groups is 1. The van der Waals surface area contributed by atoms with Gasteiger partial charge in [0.1, 0.15) is 0 Å². The van der Waals surface area contributed by atoms with Crippen molar-refractivity contribution in [1.82, 2.24) is 15.1 Å². The van der Waals surface area contributed by atoms with Crippen LogP contribution in [0.4, 0.5) is 4.79 Å². The van der Waals surface area contributed by atoms with Crippen molar-refractivity contribution in [3.05, 3.63) is 12.2 Å². The third-order valence-corrected chi connectivity index (χ3v) is 6.68. The highest BCUT2D eigenvalue weighted by molar-refractivity contribution is 8.13. The maximum absolute atomic E-state index is 12.4. The summed E-state index contributed by atoms with van der Waals surface area (Å²) in [6.07, 6.45) is 16.8. The number of nitrogens with one attached hydrogen (secondary N) is 1. The SMILES string of the molecule is C/C=C/CN1C(SCCCCCCCCCCCC)=NC2C1C(=O)NC(=O)N2C. The molecule has 0 saturated carbocycles. The highest BCUT2D eigenvalue weighted by Crippen LogP contribution is 2.29. The van der Waals surface area contributed by atoms with Crippen molar-refractivity contribution in [1.29, 1.82) is 0 Å². The number of thioether (sulfide) groups is 1. The van der Waals surface area contributed by atoms with E-state index in [1.165, 1.54) is 62.7 Å². The van der Waals surface area contributed by atoms with E-state index in [4.69, 9.17) is 4.99 Å². The van der Waals surface area contributed by atoms with E-state index in [2.05, 4.69) is 12.2 Å². The number of likely N-dealkylation sites (N-methyl/N-ethyl adjacent to an activating group) is 1. The van der Waals surface area contributed by atoms with Gasteiger partial charge in [-0.1, -0.05) is 88.6 Å². The number of fused-ring (bicyclic) bond motifs is 1. The summed E-state index contributed by atoms with van der Waals surface area (Å²) in [5, 5.41) is 3.32. The topological polar surface area (TPSA) is 65.0 Å². The molecule has 0 bridgehead atoms.